The van der Waals surface area contributed by atoms with Crippen LogP contribution in [0.1, 0.15) is 28.3 Å². The first-order chi connectivity index (χ1) is 9.69. The van der Waals surface area contributed by atoms with Crippen molar-refractivity contribution in [1.82, 2.24) is 5.32 Å². The molecule has 0 fully saturated rings. The molecule has 0 aromatic heterocycles. The summed E-state index contributed by atoms with van der Waals surface area (Å²) in [5.74, 6) is 0.396. The second-order valence-electron chi connectivity index (χ2n) is 5.70. The maximum atomic E-state index is 13.2. The molecule has 0 radical (unpaired) electrons. The van der Waals surface area contributed by atoms with E-state index in [2.05, 4.69) is 29.6 Å². The number of fused-ring (bicyclic) bond motifs is 1. The van der Waals surface area contributed by atoms with Crippen LogP contribution in [-0.4, -0.2) is 7.05 Å². The number of hydrogen-bond donors (Lipinski definition) is 1. The molecule has 0 saturated carbocycles. The van der Waals surface area contributed by atoms with Crippen LogP contribution in [0.25, 0.3) is 0 Å². The van der Waals surface area contributed by atoms with Gasteiger partial charge < -0.3 is 5.32 Å². The first-order valence-electron chi connectivity index (χ1n) is 7.19. The number of hydrogen-bond acceptors (Lipinski definition) is 1. The van der Waals surface area contributed by atoms with Crippen molar-refractivity contribution in [1.29, 1.82) is 0 Å². The van der Waals surface area contributed by atoms with E-state index in [1.165, 1.54) is 16.7 Å². The summed E-state index contributed by atoms with van der Waals surface area (Å²) in [6, 6.07) is 14.2. The van der Waals surface area contributed by atoms with Gasteiger partial charge in [-0.1, -0.05) is 30.3 Å². The summed E-state index contributed by atoms with van der Waals surface area (Å²) in [6.45, 7) is 1.99. The highest BCUT2D eigenvalue weighted by molar-refractivity contribution is 5.37. The molecule has 0 amide bonds. The minimum Gasteiger partial charge on any atom is -0.313 e. The quantitative estimate of drug-likeness (QED) is 0.893. The van der Waals surface area contributed by atoms with Crippen LogP contribution in [0.15, 0.2) is 42.5 Å². The van der Waals surface area contributed by atoms with E-state index in [0.29, 0.717) is 12.0 Å². The lowest BCUT2D eigenvalue weighted by Gasteiger charge is -2.21. The molecule has 2 aromatic carbocycles. The van der Waals surface area contributed by atoms with E-state index in [0.717, 1.165) is 18.4 Å². The van der Waals surface area contributed by atoms with Gasteiger partial charge >= 0.3 is 0 Å². The lowest BCUT2D eigenvalue weighted by atomic mass is 9.91. The van der Waals surface area contributed by atoms with Gasteiger partial charge in [-0.25, -0.2) is 4.39 Å². The highest BCUT2D eigenvalue weighted by Crippen LogP contribution is 2.37. The minimum atomic E-state index is -0.147. The van der Waals surface area contributed by atoms with E-state index in [-0.39, 0.29) is 5.82 Å². The predicted octanol–water partition coefficient (Wildman–Crippen LogP) is 3.81. The molecule has 1 N–H and O–H groups in total. The molecule has 0 saturated heterocycles. The van der Waals surface area contributed by atoms with Crippen molar-refractivity contribution in [2.24, 2.45) is 5.92 Å². The van der Waals surface area contributed by atoms with Crippen LogP contribution in [0.4, 0.5) is 4.39 Å². The van der Waals surface area contributed by atoms with Crippen molar-refractivity contribution in [2.75, 3.05) is 7.05 Å². The molecule has 1 nitrogen and oxygen atoms in total. The summed E-state index contributed by atoms with van der Waals surface area (Å²) >= 11 is 0. The number of nitrogens with one attached hydrogen (secondary N) is 1. The Morgan fingerprint density at radius 1 is 1.20 bits per heavy atom. The average Bonchev–Trinajstić information content (AvgIpc) is 2.79. The highest BCUT2D eigenvalue weighted by atomic mass is 19.1. The van der Waals surface area contributed by atoms with Crippen molar-refractivity contribution >= 4 is 0 Å². The van der Waals surface area contributed by atoms with Gasteiger partial charge in [0.25, 0.3) is 0 Å². The molecule has 0 aliphatic heterocycles. The fourth-order valence-electron chi connectivity index (χ4n) is 3.43. The number of rotatable bonds is 3. The van der Waals surface area contributed by atoms with Gasteiger partial charge in [0.15, 0.2) is 0 Å². The zero-order valence-corrected chi connectivity index (χ0v) is 12.0. The van der Waals surface area contributed by atoms with E-state index in [1.807, 2.05) is 20.0 Å². The monoisotopic (exact) mass is 269 g/mol. The van der Waals surface area contributed by atoms with Crippen LogP contribution in [0.3, 0.4) is 0 Å². The summed E-state index contributed by atoms with van der Waals surface area (Å²) in [4.78, 5) is 0. The Labute approximate surface area is 119 Å². The lowest BCUT2D eigenvalue weighted by molar-refractivity contribution is 0.409. The maximum Gasteiger partial charge on any atom is 0.123 e. The maximum absolute atomic E-state index is 13.2. The fraction of sp³-hybridized carbons (Fsp3) is 0.333. The van der Waals surface area contributed by atoms with Crippen molar-refractivity contribution < 1.29 is 4.39 Å². The molecule has 2 heteroatoms. The minimum absolute atomic E-state index is 0.147. The van der Waals surface area contributed by atoms with Gasteiger partial charge in [-0.2, -0.15) is 0 Å². The molecule has 20 heavy (non-hydrogen) atoms. The van der Waals surface area contributed by atoms with Crippen molar-refractivity contribution in [3.8, 4) is 0 Å². The van der Waals surface area contributed by atoms with Crippen molar-refractivity contribution in [2.45, 2.75) is 25.8 Å². The Morgan fingerprint density at radius 2 is 2.00 bits per heavy atom. The summed E-state index contributed by atoms with van der Waals surface area (Å²) in [6.07, 6.45) is 2.09. The van der Waals surface area contributed by atoms with Crippen LogP contribution >= 0.6 is 0 Å². The number of aryl methyl sites for hydroxylation is 1. The summed E-state index contributed by atoms with van der Waals surface area (Å²) in [5, 5.41) is 3.45. The molecular formula is C18H20FN. The van der Waals surface area contributed by atoms with E-state index in [1.54, 1.807) is 12.1 Å². The molecule has 2 unspecified atom stereocenters. The van der Waals surface area contributed by atoms with E-state index >= 15 is 0 Å². The van der Waals surface area contributed by atoms with Gasteiger partial charge in [-0.15, -0.1) is 0 Å². The number of halogens is 1. The third-order valence-electron chi connectivity index (χ3n) is 4.44. The normalized spacial score (nSPS) is 20.9. The molecule has 1 aliphatic rings. The van der Waals surface area contributed by atoms with Gasteiger partial charge in [0.05, 0.1) is 0 Å². The molecule has 104 valence electrons. The standard InChI is InChI=1S/C18H20FN/c1-12-9-16(19)8-7-13(12)10-15-11-14-5-3-4-6-17(14)18(15)20-2/h3-9,15,18,20H,10-11H2,1-2H3. The van der Waals surface area contributed by atoms with Crippen LogP contribution in [-0.2, 0) is 12.8 Å². The molecule has 0 heterocycles. The SMILES string of the molecule is CNC1c2ccccc2CC1Cc1ccc(F)cc1C. The molecule has 0 bridgehead atoms. The highest BCUT2D eigenvalue weighted by Gasteiger charge is 2.31. The third kappa shape index (κ3) is 2.36. The van der Waals surface area contributed by atoms with E-state index < -0.39 is 0 Å². The Bertz CT molecular complexity index is 621. The zero-order chi connectivity index (χ0) is 14.1. The topological polar surface area (TPSA) is 12.0 Å². The first-order valence-corrected chi connectivity index (χ1v) is 7.19. The van der Waals surface area contributed by atoms with Crippen molar-refractivity contribution in [3.63, 3.8) is 0 Å². The summed E-state index contributed by atoms with van der Waals surface area (Å²) in [7, 11) is 2.03. The third-order valence-corrected chi connectivity index (χ3v) is 4.44. The fourth-order valence-corrected chi connectivity index (χ4v) is 3.43. The summed E-state index contributed by atoms with van der Waals surface area (Å²) < 4.78 is 13.2. The van der Waals surface area contributed by atoms with Crippen LogP contribution in [0.5, 0.6) is 0 Å². The van der Waals surface area contributed by atoms with E-state index in [9.17, 15) is 4.39 Å². The molecule has 3 rings (SSSR count). The van der Waals surface area contributed by atoms with Gasteiger partial charge in [0.1, 0.15) is 5.82 Å². The molecule has 2 aromatic rings. The predicted molar refractivity (Wildman–Crippen MR) is 80.3 cm³/mol. The number of benzene rings is 2. The van der Waals surface area contributed by atoms with Gasteiger partial charge in [0.2, 0.25) is 0 Å². The largest absolute Gasteiger partial charge is 0.313 e. The Balaban J connectivity index is 1.85. The zero-order valence-electron chi connectivity index (χ0n) is 12.0. The van der Waals surface area contributed by atoms with Gasteiger partial charge in [-0.05, 0) is 67.1 Å². The van der Waals surface area contributed by atoms with Crippen LogP contribution < -0.4 is 5.32 Å². The van der Waals surface area contributed by atoms with Crippen LogP contribution in [0.2, 0.25) is 0 Å². The van der Waals surface area contributed by atoms with Crippen molar-refractivity contribution in [3.05, 3.63) is 70.5 Å². The second kappa shape index (κ2) is 5.37. The molecule has 0 spiro atoms. The van der Waals surface area contributed by atoms with E-state index in [4.69, 9.17) is 0 Å². The lowest BCUT2D eigenvalue weighted by Crippen LogP contribution is -2.23. The van der Waals surface area contributed by atoms with Crippen LogP contribution in [0, 0.1) is 18.7 Å². The first kappa shape index (κ1) is 13.3. The van der Waals surface area contributed by atoms with Gasteiger partial charge in [0, 0.05) is 6.04 Å². The summed E-state index contributed by atoms with van der Waals surface area (Å²) in [5.41, 5.74) is 5.16. The molecule has 1 aliphatic carbocycles. The Morgan fingerprint density at radius 3 is 2.75 bits per heavy atom. The smallest absolute Gasteiger partial charge is 0.123 e. The second-order valence-corrected chi connectivity index (χ2v) is 5.70. The molecule has 2 atom stereocenters. The van der Waals surface area contributed by atoms with Gasteiger partial charge in [-0.3, -0.25) is 0 Å². The average molecular weight is 269 g/mol. The Hall–Kier alpha value is -1.67. The molecular weight excluding hydrogens is 249 g/mol. The Kier molecular flexibility index (Phi) is 3.58.